The summed E-state index contributed by atoms with van der Waals surface area (Å²) in [5, 5.41) is 3.80. The van der Waals surface area contributed by atoms with Crippen LogP contribution in [0, 0.1) is 5.92 Å². The molecule has 21 heavy (non-hydrogen) atoms. The topological polar surface area (TPSA) is 15.3 Å². The van der Waals surface area contributed by atoms with Gasteiger partial charge in [-0.05, 0) is 44.0 Å². The number of nitrogens with one attached hydrogen (secondary N) is 1. The van der Waals surface area contributed by atoms with E-state index in [1.165, 1.54) is 24.9 Å². The molecule has 0 bridgehead atoms. The fourth-order valence-corrected chi connectivity index (χ4v) is 3.22. The summed E-state index contributed by atoms with van der Waals surface area (Å²) in [6, 6.07) is 11.9. The molecule has 2 heteroatoms. The van der Waals surface area contributed by atoms with Gasteiger partial charge in [0.1, 0.15) is 0 Å². The average molecular weight is 290 g/mol. The van der Waals surface area contributed by atoms with E-state index >= 15 is 0 Å². The van der Waals surface area contributed by atoms with Crippen LogP contribution in [0.25, 0.3) is 0 Å². The van der Waals surface area contributed by atoms with Gasteiger partial charge in [0.2, 0.25) is 0 Å². The first-order valence-electron chi connectivity index (χ1n) is 8.67. The summed E-state index contributed by atoms with van der Waals surface area (Å²) in [4.78, 5) is 2.64. The van der Waals surface area contributed by atoms with Crippen molar-refractivity contribution in [2.24, 2.45) is 5.92 Å². The summed E-state index contributed by atoms with van der Waals surface area (Å²) in [5.41, 5.74) is 1.42. The zero-order chi connectivity index (χ0) is 15.7. The molecule has 2 atom stereocenters. The summed E-state index contributed by atoms with van der Waals surface area (Å²) in [6.45, 7) is 14.9. The van der Waals surface area contributed by atoms with Crippen LogP contribution < -0.4 is 5.32 Å². The molecule has 0 aliphatic heterocycles. The zero-order valence-corrected chi connectivity index (χ0v) is 14.6. The minimum Gasteiger partial charge on any atom is -0.309 e. The normalized spacial score (nSPS) is 14.6. The van der Waals surface area contributed by atoms with E-state index in [1.807, 2.05) is 0 Å². The van der Waals surface area contributed by atoms with E-state index in [-0.39, 0.29) is 0 Å². The third-order valence-electron chi connectivity index (χ3n) is 4.14. The molecular formula is C19H34N2. The van der Waals surface area contributed by atoms with Gasteiger partial charge >= 0.3 is 0 Å². The molecule has 0 fully saturated rings. The van der Waals surface area contributed by atoms with E-state index in [9.17, 15) is 0 Å². The Morgan fingerprint density at radius 1 is 1.00 bits per heavy atom. The lowest BCUT2D eigenvalue weighted by Gasteiger charge is -2.40. The lowest BCUT2D eigenvalue weighted by atomic mass is 9.89. The first kappa shape index (κ1) is 18.2. The van der Waals surface area contributed by atoms with Crippen molar-refractivity contribution in [3.63, 3.8) is 0 Å². The lowest BCUT2D eigenvalue weighted by Crippen LogP contribution is -2.48. The number of rotatable bonds is 10. The molecule has 0 amide bonds. The first-order valence-corrected chi connectivity index (χ1v) is 8.67. The standard InChI is InChI=1S/C19H34N2/c1-6-14-20-18(17-12-10-9-11-13-17)19(16(4)5)21(8-3)15-7-2/h9-13,16,18-20H,6-8,14-15H2,1-5H3. The molecule has 0 saturated heterocycles. The van der Waals surface area contributed by atoms with Crippen LogP contribution in [0.2, 0.25) is 0 Å². The molecule has 0 aliphatic carbocycles. The van der Waals surface area contributed by atoms with Crippen molar-refractivity contribution in [1.82, 2.24) is 10.2 Å². The Kier molecular flexibility index (Phi) is 8.63. The lowest BCUT2D eigenvalue weighted by molar-refractivity contribution is 0.122. The van der Waals surface area contributed by atoms with E-state index in [4.69, 9.17) is 0 Å². The van der Waals surface area contributed by atoms with E-state index < -0.39 is 0 Å². The van der Waals surface area contributed by atoms with Crippen LogP contribution in [0.4, 0.5) is 0 Å². The van der Waals surface area contributed by atoms with Crippen LogP contribution in [-0.2, 0) is 0 Å². The SMILES string of the molecule is CCCNC(c1ccccc1)C(C(C)C)N(CC)CCC. The molecule has 0 saturated carbocycles. The maximum atomic E-state index is 3.80. The summed E-state index contributed by atoms with van der Waals surface area (Å²) >= 11 is 0. The number of likely N-dealkylation sites (N-methyl/N-ethyl adjacent to an activating group) is 1. The highest BCUT2D eigenvalue weighted by molar-refractivity contribution is 5.21. The summed E-state index contributed by atoms with van der Waals surface area (Å²) in [6.07, 6.45) is 2.39. The summed E-state index contributed by atoms with van der Waals surface area (Å²) in [7, 11) is 0. The monoisotopic (exact) mass is 290 g/mol. The molecule has 0 heterocycles. The van der Waals surface area contributed by atoms with Gasteiger partial charge in [0.25, 0.3) is 0 Å². The van der Waals surface area contributed by atoms with Crippen LogP contribution in [0.5, 0.6) is 0 Å². The Bertz CT molecular complexity index is 361. The zero-order valence-electron chi connectivity index (χ0n) is 14.6. The average Bonchev–Trinajstić information content (AvgIpc) is 2.50. The smallest absolute Gasteiger partial charge is 0.0480 e. The van der Waals surface area contributed by atoms with E-state index in [2.05, 4.69) is 75.2 Å². The van der Waals surface area contributed by atoms with Gasteiger partial charge in [0, 0.05) is 12.1 Å². The Labute approximate surface area is 131 Å². The third kappa shape index (κ3) is 5.44. The highest BCUT2D eigenvalue weighted by Crippen LogP contribution is 2.27. The quantitative estimate of drug-likeness (QED) is 0.683. The maximum Gasteiger partial charge on any atom is 0.0480 e. The van der Waals surface area contributed by atoms with E-state index in [0.29, 0.717) is 18.0 Å². The molecule has 1 aromatic rings. The Morgan fingerprint density at radius 2 is 1.67 bits per heavy atom. The Morgan fingerprint density at radius 3 is 2.14 bits per heavy atom. The maximum absolute atomic E-state index is 3.80. The second-order valence-corrected chi connectivity index (χ2v) is 6.21. The van der Waals surface area contributed by atoms with E-state index in [0.717, 1.165) is 13.1 Å². The Hall–Kier alpha value is -0.860. The van der Waals surface area contributed by atoms with Gasteiger partial charge in [-0.25, -0.2) is 0 Å². The van der Waals surface area contributed by atoms with Gasteiger partial charge in [-0.1, -0.05) is 65.0 Å². The van der Waals surface area contributed by atoms with Crippen LogP contribution in [-0.4, -0.2) is 30.6 Å². The molecule has 0 radical (unpaired) electrons. The van der Waals surface area contributed by atoms with Gasteiger partial charge in [0.15, 0.2) is 0 Å². The van der Waals surface area contributed by atoms with Gasteiger partial charge in [-0.3, -0.25) is 4.90 Å². The number of hydrogen-bond donors (Lipinski definition) is 1. The third-order valence-corrected chi connectivity index (χ3v) is 4.14. The first-order chi connectivity index (χ1) is 10.2. The molecule has 2 unspecified atom stereocenters. The minimum absolute atomic E-state index is 0.414. The summed E-state index contributed by atoms with van der Waals surface area (Å²) in [5.74, 6) is 0.631. The highest BCUT2D eigenvalue weighted by atomic mass is 15.2. The van der Waals surface area contributed by atoms with Crippen LogP contribution >= 0.6 is 0 Å². The number of nitrogens with zero attached hydrogens (tertiary/aromatic N) is 1. The molecule has 0 spiro atoms. The van der Waals surface area contributed by atoms with E-state index in [1.54, 1.807) is 0 Å². The van der Waals surface area contributed by atoms with Crippen molar-refractivity contribution in [2.45, 2.75) is 59.5 Å². The molecule has 2 nitrogen and oxygen atoms in total. The predicted octanol–water partition coefficient (Wildman–Crippen LogP) is 4.48. The molecular weight excluding hydrogens is 256 g/mol. The summed E-state index contributed by atoms with van der Waals surface area (Å²) < 4.78 is 0. The van der Waals surface area contributed by atoms with Crippen molar-refractivity contribution in [1.29, 1.82) is 0 Å². The largest absolute Gasteiger partial charge is 0.309 e. The predicted molar refractivity (Wildman–Crippen MR) is 93.6 cm³/mol. The minimum atomic E-state index is 0.414. The fraction of sp³-hybridized carbons (Fsp3) is 0.684. The van der Waals surface area contributed by atoms with Gasteiger partial charge in [-0.2, -0.15) is 0 Å². The number of benzene rings is 1. The highest BCUT2D eigenvalue weighted by Gasteiger charge is 2.29. The Balaban J connectivity index is 3.05. The second kappa shape index (κ2) is 9.97. The second-order valence-electron chi connectivity index (χ2n) is 6.21. The van der Waals surface area contributed by atoms with Crippen molar-refractivity contribution in [2.75, 3.05) is 19.6 Å². The van der Waals surface area contributed by atoms with Crippen molar-refractivity contribution in [3.8, 4) is 0 Å². The van der Waals surface area contributed by atoms with Crippen LogP contribution in [0.1, 0.15) is 59.1 Å². The van der Waals surface area contributed by atoms with Gasteiger partial charge in [-0.15, -0.1) is 0 Å². The fourth-order valence-electron chi connectivity index (χ4n) is 3.22. The number of hydrogen-bond acceptors (Lipinski definition) is 2. The van der Waals surface area contributed by atoms with Crippen LogP contribution in [0.3, 0.4) is 0 Å². The van der Waals surface area contributed by atoms with Crippen molar-refractivity contribution in [3.05, 3.63) is 35.9 Å². The van der Waals surface area contributed by atoms with Crippen molar-refractivity contribution >= 4 is 0 Å². The van der Waals surface area contributed by atoms with Crippen LogP contribution in [0.15, 0.2) is 30.3 Å². The molecule has 120 valence electrons. The van der Waals surface area contributed by atoms with Crippen molar-refractivity contribution < 1.29 is 0 Å². The molecule has 0 aliphatic rings. The molecule has 0 aromatic heterocycles. The molecule has 1 aromatic carbocycles. The molecule has 1 rings (SSSR count). The van der Waals surface area contributed by atoms with Gasteiger partial charge < -0.3 is 5.32 Å². The molecule has 1 N–H and O–H groups in total. The van der Waals surface area contributed by atoms with Gasteiger partial charge in [0.05, 0.1) is 0 Å².